The van der Waals surface area contributed by atoms with Gasteiger partial charge in [0.2, 0.25) is 0 Å². The van der Waals surface area contributed by atoms with Crippen molar-refractivity contribution in [3.05, 3.63) is 279 Å². The normalized spacial score (nSPS) is 11.9. The molecule has 13 aromatic carbocycles. The Morgan fingerprint density at radius 3 is 0.700 bits per heavy atom. The number of hydrogen-bond acceptors (Lipinski definition) is 2. The number of anilines is 6. The minimum absolute atomic E-state index is 1.12. The fraction of sp³-hybridized carbons (Fsp3) is 0.0789. The zero-order chi connectivity index (χ0) is 54.5. The third-order valence-electron chi connectivity index (χ3n) is 16.1. The summed E-state index contributed by atoms with van der Waals surface area (Å²) in [7, 11) is 0. The molecular formula is C76H64Ge2N2. The third kappa shape index (κ3) is 9.50. The van der Waals surface area contributed by atoms with E-state index < -0.39 is 26.5 Å². The molecule has 0 aliphatic rings. The molecule has 2 nitrogen and oxygen atoms in total. The van der Waals surface area contributed by atoms with Gasteiger partial charge >= 0.3 is 421 Å². The van der Waals surface area contributed by atoms with Crippen molar-refractivity contribution >= 4 is 113 Å². The molecule has 0 bridgehead atoms. The second-order valence-electron chi connectivity index (χ2n) is 23.3. The molecule has 13 rings (SSSR count). The summed E-state index contributed by atoms with van der Waals surface area (Å²) in [6, 6.07) is 104. The van der Waals surface area contributed by atoms with Crippen molar-refractivity contribution in [3.63, 3.8) is 0 Å². The topological polar surface area (TPSA) is 6.48 Å². The van der Waals surface area contributed by atoms with E-state index >= 15 is 0 Å². The van der Waals surface area contributed by atoms with Crippen LogP contribution in [-0.2, 0) is 0 Å². The molecule has 0 aliphatic carbocycles. The molecule has 0 radical (unpaired) electrons. The van der Waals surface area contributed by atoms with Crippen molar-refractivity contribution in [3.8, 4) is 44.5 Å². The van der Waals surface area contributed by atoms with Crippen LogP contribution in [0.3, 0.4) is 0 Å². The monoisotopic (exact) mass is 1150 g/mol. The Labute approximate surface area is 477 Å². The molecule has 0 saturated heterocycles. The minimum atomic E-state index is -2.03. The summed E-state index contributed by atoms with van der Waals surface area (Å²) in [6.45, 7) is 0. The van der Waals surface area contributed by atoms with Crippen LogP contribution in [-0.4, -0.2) is 26.5 Å². The maximum absolute atomic E-state index is 2.46. The predicted octanol–water partition coefficient (Wildman–Crippen LogP) is 21.0. The van der Waals surface area contributed by atoms with Gasteiger partial charge < -0.3 is 0 Å². The summed E-state index contributed by atoms with van der Waals surface area (Å²) in [5, 5.41) is 9.84. The molecule has 0 aromatic heterocycles. The summed E-state index contributed by atoms with van der Waals surface area (Å²) >= 11 is -4.05. The summed E-state index contributed by atoms with van der Waals surface area (Å²) in [5.41, 5.74) is 16.6. The standard InChI is InChI=1S/C76H64Ge2N2/c1-77(2,3)57-42-46-61(47-43-57)79(59-28-9-7-10-29-59)63-32-22-26-55(51-63)75-69-38-17-13-34-65(69)73(66-35-14-18-39-70(66)75)53-24-21-25-54(50-53)74-67-36-15-19-40-71(67)76(72-41-20-16-37-68(72)74)56-27-23-33-64(52-56)80(60-30-11-8-12-31-60)62-48-44-58(45-49-62)78(4,5)6/h7-52H,1-6H3. The molecule has 4 heteroatoms. The van der Waals surface area contributed by atoms with Crippen LogP contribution in [0.25, 0.3) is 87.6 Å². The SMILES string of the molecule is [CH3][Ge]([CH3])([CH3])[c]1ccc(N(c2ccccc2)c2cccc(-c3c4ccccc4c(-c4cccc(-c5c6ccccc6c(-c6cccc(N(c7ccccc7)c7cc[c]([Ge]([CH3])([CH3])[CH3])cc7)c6)c6ccccc56)c4)c4ccccc34)c2)cc1. The average molecular weight is 1150 g/mol. The van der Waals surface area contributed by atoms with Crippen molar-refractivity contribution in [1.29, 1.82) is 0 Å². The summed E-state index contributed by atoms with van der Waals surface area (Å²) in [4.78, 5) is 4.80. The fourth-order valence-corrected chi connectivity index (χ4v) is 17.1. The van der Waals surface area contributed by atoms with Crippen LogP contribution >= 0.6 is 0 Å². The van der Waals surface area contributed by atoms with Crippen molar-refractivity contribution in [2.45, 2.75) is 34.5 Å². The summed E-state index contributed by atoms with van der Waals surface area (Å²) < 4.78 is 3.00. The van der Waals surface area contributed by atoms with E-state index in [9.17, 15) is 0 Å². The van der Waals surface area contributed by atoms with E-state index in [2.05, 4.69) is 323 Å². The van der Waals surface area contributed by atoms with Gasteiger partial charge in [-0.1, -0.05) is 42.5 Å². The molecule has 0 fully saturated rings. The Bertz CT molecular complexity index is 4020. The molecule has 0 aliphatic heterocycles. The first-order valence-corrected chi connectivity index (χ1v) is 42.8. The molecular weight excluding hydrogens is 1090 g/mol. The number of fused-ring (bicyclic) bond motifs is 4. The molecule has 0 N–H and O–H groups in total. The first-order chi connectivity index (χ1) is 39.0. The van der Waals surface area contributed by atoms with E-state index in [1.807, 2.05) is 0 Å². The van der Waals surface area contributed by atoms with Gasteiger partial charge in [-0.3, -0.25) is 0 Å². The van der Waals surface area contributed by atoms with Gasteiger partial charge in [0.1, 0.15) is 0 Å². The number of hydrogen-bond donors (Lipinski definition) is 0. The van der Waals surface area contributed by atoms with Crippen molar-refractivity contribution in [2.75, 3.05) is 9.80 Å². The Kier molecular flexibility index (Phi) is 13.4. The van der Waals surface area contributed by atoms with Gasteiger partial charge in [0.05, 0.1) is 0 Å². The predicted molar refractivity (Wildman–Crippen MR) is 354 cm³/mol. The summed E-state index contributed by atoms with van der Waals surface area (Å²) in [6.07, 6.45) is 0. The van der Waals surface area contributed by atoms with Gasteiger partial charge in [0.25, 0.3) is 0 Å². The van der Waals surface area contributed by atoms with E-state index in [1.165, 1.54) is 96.4 Å². The van der Waals surface area contributed by atoms with Crippen LogP contribution in [0.4, 0.5) is 34.1 Å². The number of rotatable bonds is 12. The molecule has 0 spiro atoms. The maximum atomic E-state index is 2.46. The van der Waals surface area contributed by atoms with Crippen molar-refractivity contribution < 1.29 is 0 Å². The number of nitrogens with zero attached hydrogens (tertiary/aromatic N) is 2. The quantitative estimate of drug-likeness (QED) is 0.0889. The first-order valence-electron chi connectivity index (χ1n) is 28.1. The zero-order valence-electron chi connectivity index (χ0n) is 46.5. The Morgan fingerprint density at radius 2 is 0.425 bits per heavy atom. The van der Waals surface area contributed by atoms with Crippen LogP contribution < -0.4 is 18.6 Å². The van der Waals surface area contributed by atoms with Gasteiger partial charge in [-0.25, -0.2) is 0 Å². The second-order valence-corrected chi connectivity index (χ2v) is 44.6. The van der Waals surface area contributed by atoms with E-state index in [0.29, 0.717) is 0 Å². The Morgan fingerprint density at radius 1 is 0.200 bits per heavy atom. The second kappa shape index (κ2) is 21.0. The van der Waals surface area contributed by atoms with Crippen LogP contribution in [0.2, 0.25) is 34.5 Å². The van der Waals surface area contributed by atoms with E-state index in [0.717, 1.165) is 34.1 Å². The van der Waals surface area contributed by atoms with Crippen molar-refractivity contribution in [2.24, 2.45) is 0 Å². The molecule has 386 valence electrons. The van der Waals surface area contributed by atoms with Crippen LogP contribution in [0.15, 0.2) is 279 Å². The van der Waals surface area contributed by atoms with Crippen LogP contribution in [0.1, 0.15) is 0 Å². The average Bonchev–Trinajstić information content (AvgIpc) is 3.62. The molecule has 80 heavy (non-hydrogen) atoms. The van der Waals surface area contributed by atoms with Gasteiger partial charge in [0.15, 0.2) is 0 Å². The Balaban J connectivity index is 0.949. The molecule has 0 unspecified atom stereocenters. The molecule has 0 saturated carbocycles. The summed E-state index contributed by atoms with van der Waals surface area (Å²) in [5.74, 6) is 14.8. The van der Waals surface area contributed by atoms with E-state index in [-0.39, 0.29) is 0 Å². The van der Waals surface area contributed by atoms with Gasteiger partial charge in [-0.05, 0) is 17.2 Å². The van der Waals surface area contributed by atoms with Gasteiger partial charge in [0, 0.05) is 0 Å². The third-order valence-corrected chi connectivity index (χ3v) is 24.8. The van der Waals surface area contributed by atoms with Crippen molar-refractivity contribution in [1.82, 2.24) is 0 Å². The van der Waals surface area contributed by atoms with Crippen LogP contribution in [0, 0.1) is 0 Å². The molecule has 13 aromatic rings. The molecule has 0 atom stereocenters. The van der Waals surface area contributed by atoms with E-state index in [4.69, 9.17) is 0 Å². The molecule has 0 heterocycles. The van der Waals surface area contributed by atoms with Crippen LogP contribution in [0.5, 0.6) is 0 Å². The fourth-order valence-electron chi connectivity index (χ4n) is 12.2. The van der Waals surface area contributed by atoms with Gasteiger partial charge in [-0.15, -0.1) is 0 Å². The zero-order valence-corrected chi connectivity index (χ0v) is 50.6. The number of para-hydroxylation sites is 2. The molecule has 0 amide bonds. The van der Waals surface area contributed by atoms with E-state index in [1.54, 1.807) is 0 Å². The first kappa shape index (κ1) is 51.1. The number of benzene rings is 13. The van der Waals surface area contributed by atoms with Gasteiger partial charge in [-0.2, -0.15) is 0 Å². The Hall–Kier alpha value is -8.41.